The molecular formula is C14H21NO4S. The SMILES string of the molecule is CCCC(C)N(C)S(=O)(=O)c1cc(C(=O)O)ccc1C. The Balaban J connectivity index is 3.27. The van der Waals surface area contributed by atoms with Crippen LogP contribution in [0.4, 0.5) is 0 Å². The number of rotatable bonds is 6. The minimum absolute atomic E-state index is 0.0225. The molecule has 5 nitrogen and oxygen atoms in total. The zero-order valence-electron chi connectivity index (χ0n) is 12.3. The van der Waals surface area contributed by atoms with Crippen molar-refractivity contribution in [2.75, 3.05) is 7.05 Å². The van der Waals surface area contributed by atoms with Gasteiger partial charge in [0.15, 0.2) is 0 Å². The minimum Gasteiger partial charge on any atom is -0.478 e. The van der Waals surface area contributed by atoms with Gasteiger partial charge in [-0.2, -0.15) is 4.31 Å². The van der Waals surface area contributed by atoms with Gasteiger partial charge in [0.25, 0.3) is 0 Å². The third-order valence-electron chi connectivity index (χ3n) is 3.42. The topological polar surface area (TPSA) is 74.7 Å². The molecule has 0 aromatic heterocycles. The molecule has 0 saturated carbocycles. The highest BCUT2D eigenvalue weighted by atomic mass is 32.2. The average Bonchev–Trinajstić information content (AvgIpc) is 2.37. The molecule has 0 aliphatic rings. The van der Waals surface area contributed by atoms with Gasteiger partial charge in [0.05, 0.1) is 10.5 Å². The highest BCUT2D eigenvalue weighted by Crippen LogP contribution is 2.23. The molecule has 0 radical (unpaired) electrons. The van der Waals surface area contributed by atoms with Crippen LogP contribution in [-0.4, -0.2) is 36.9 Å². The summed E-state index contributed by atoms with van der Waals surface area (Å²) in [4.78, 5) is 11.0. The third kappa shape index (κ3) is 3.37. The second-order valence-electron chi connectivity index (χ2n) is 4.94. The van der Waals surface area contributed by atoms with Crippen LogP contribution in [0.25, 0.3) is 0 Å². The number of carbonyl (C=O) groups is 1. The average molecular weight is 299 g/mol. The summed E-state index contributed by atoms with van der Waals surface area (Å²) in [5.74, 6) is -1.13. The van der Waals surface area contributed by atoms with Gasteiger partial charge < -0.3 is 5.11 Å². The maximum absolute atomic E-state index is 12.6. The van der Waals surface area contributed by atoms with Crippen molar-refractivity contribution in [1.82, 2.24) is 4.31 Å². The van der Waals surface area contributed by atoms with Crippen molar-refractivity contribution in [2.24, 2.45) is 0 Å². The molecule has 1 rings (SSSR count). The lowest BCUT2D eigenvalue weighted by atomic mass is 10.1. The first-order valence-corrected chi connectivity index (χ1v) is 7.97. The second-order valence-corrected chi connectivity index (χ2v) is 6.91. The van der Waals surface area contributed by atoms with E-state index in [0.717, 1.165) is 12.8 Å². The Labute approximate surface area is 120 Å². The number of hydrogen-bond acceptors (Lipinski definition) is 3. The Morgan fingerprint density at radius 1 is 1.40 bits per heavy atom. The van der Waals surface area contributed by atoms with E-state index in [0.29, 0.717) is 5.56 Å². The van der Waals surface area contributed by atoms with Crippen molar-refractivity contribution < 1.29 is 18.3 Å². The predicted molar refractivity (Wildman–Crippen MR) is 77.5 cm³/mol. The Kier molecular flexibility index (Phi) is 5.30. The van der Waals surface area contributed by atoms with E-state index in [4.69, 9.17) is 5.11 Å². The molecule has 0 fully saturated rings. The molecule has 112 valence electrons. The van der Waals surface area contributed by atoms with Crippen LogP contribution >= 0.6 is 0 Å². The zero-order valence-corrected chi connectivity index (χ0v) is 13.1. The quantitative estimate of drug-likeness (QED) is 0.875. The van der Waals surface area contributed by atoms with E-state index < -0.39 is 16.0 Å². The van der Waals surface area contributed by atoms with Crippen LogP contribution in [0.15, 0.2) is 23.1 Å². The number of carboxylic acid groups (broad SMARTS) is 1. The number of nitrogens with zero attached hydrogens (tertiary/aromatic N) is 1. The van der Waals surface area contributed by atoms with Gasteiger partial charge >= 0.3 is 5.97 Å². The lowest BCUT2D eigenvalue weighted by Gasteiger charge is -2.24. The summed E-state index contributed by atoms with van der Waals surface area (Å²) >= 11 is 0. The molecule has 0 heterocycles. The Bertz CT molecular complexity index is 595. The minimum atomic E-state index is -3.68. The van der Waals surface area contributed by atoms with Gasteiger partial charge in [0.1, 0.15) is 0 Å². The molecule has 6 heteroatoms. The number of aromatic carboxylic acids is 1. The maximum atomic E-state index is 12.6. The van der Waals surface area contributed by atoms with Crippen molar-refractivity contribution in [3.05, 3.63) is 29.3 Å². The van der Waals surface area contributed by atoms with Crippen LogP contribution in [0.5, 0.6) is 0 Å². The molecule has 0 saturated heterocycles. The summed E-state index contributed by atoms with van der Waals surface area (Å²) in [6.07, 6.45) is 1.64. The molecule has 1 N–H and O–H groups in total. The number of hydrogen-bond donors (Lipinski definition) is 1. The summed E-state index contributed by atoms with van der Waals surface area (Å²) in [5.41, 5.74) is 0.524. The number of aryl methyl sites for hydroxylation is 1. The number of benzene rings is 1. The van der Waals surface area contributed by atoms with E-state index in [1.165, 1.54) is 29.6 Å². The molecule has 20 heavy (non-hydrogen) atoms. The van der Waals surface area contributed by atoms with Crippen LogP contribution < -0.4 is 0 Å². The zero-order chi connectivity index (χ0) is 15.5. The van der Waals surface area contributed by atoms with Gasteiger partial charge in [-0.25, -0.2) is 13.2 Å². The van der Waals surface area contributed by atoms with Crippen LogP contribution in [-0.2, 0) is 10.0 Å². The maximum Gasteiger partial charge on any atom is 0.335 e. The molecule has 0 amide bonds. The molecule has 0 aliphatic carbocycles. The highest BCUT2D eigenvalue weighted by molar-refractivity contribution is 7.89. The monoisotopic (exact) mass is 299 g/mol. The first-order valence-electron chi connectivity index (χ1n) is 6.53. The first kappa shape index (κ1) is 16.7. The van der Waals surface area contributed by atoms with Gasteiger partial charge in [-0.05, 0) is 38.0 Å². The molecule has 0 bridgehead atoms. The summed E-state index contributed by atoms with van der Waals surface area (Å²) < 4.78 is 26.5. The van der Waals surface area contributed by atoms with E-state index in [9.17, 15) is 13.2 Å². The number of carboxylic acids is 1. The molecule has 1 aromatic carbocycles. The predicted octanol–water partition coefficient (Wildman–Crippen LogP) is 2.50. The lowest BCUT2D eigenvalue weighted by molar-refractivity contribution is 0.0696. The van der Waals surface area contributed by atoms with E-state index in [2.05, 4.69) is 0 Å². The molecule has 1 unspecified atom stereocenters. The highest BCUT2D eigenvalue weighted by Gasteiger charge is 2.27. The van der Waals surface area contributed by atoms with Crippen LogP contribution in [0.1, 0.15) is 42.6 Å². The van der Waals surface area contributed by atoms with Crippen molar-refractivity contribution in [2.45, 2.75) is 44.6 Å². The fourth-order valence-electron chi connectivity index (χ4n) is 2.00. The van der Waals surface area contributed by atoms with Crippen molar-refractivity contribution in [3.63, 3.8) is 0 Å². The standard InChI is InChI=1S/C14H21NO4S/c1-5-6-11(3)15(4)20(18,19)13-9-12(14(16)17)8-7-10(13)2/h7-9,11H,5-6H2,1-4H3,(H,16,17). The van der Waals surface area contributed by atoms with E-state index in [1.54, 1.807) is 6.92 Å². The molecule has 0 spiro atoms. The van der Waals surface area contributed by atoms with Gasteiger partial charge in [-0.1, -0.05) is 19.4 Å². The Hall–Kier alpha value is -1.40. The normalized spacial score (nSPS) is 13.4. The van der Waals surface area contributed by atoms with Gasteiger partial charge in [-0.3, -0.25) is 0 Å². The molecule has 0 aliphatic heterocycles. The summed E-state index contributed by atoms with van der Waals surface area (Å²) in [6, 6.07) is 4.03. The lowest BCUT2D eigenvalue weighted by Crippen LogP contribution is -2.35. The first-order chi connectivity index (χ1) is 9.21. The van der Waals surface area contributed by atoms with Crippen LogP contribution in [0.2, 0.25) is 0 Å². The molecule has 1 aromatic rings. The third-order valence-corrected chi connectivity index (χ3v) is 5.53. The van der Waals surface area contributed by atoms with E-state index >= 15 is 0 Å². The van der Waals surface area contributed by atoms with Crippen LogP contribution in [0, 0.1) is 6.92 Å². The van der Waals surface area contributed by atoms with E-state index in [1.807, 2.05) is 13.8 Å². The Morgan fingerprint density at radius 2 is 2.00 bits per heavy atom. The van der Waals surface area contributed by atoms with Crippen molar-refractivity contribution in [3.8, 4) is 0 Å². The second kappa shape index (κ2) is 6.37. The van der Waals surface area contributed by atoms with Crippen molar-refractivity contribution >= 4 is 16.0 Å². The largest absolute Gasteiger partial charge is 0.478 e. The summed E-state index contributed by atoms with van der Waals surface area (Å²) in [6.45, 7) is 5.50. The summed E-state index contributed by atoms with van der Waals surface area (Å²) in [7, 11) is -2.15. The fourth-order valence-corrected chi connectivity index (χ4v) is 3.64. The fraction of sp³-hybridized carbons (Fsp3) is 0.500. The van der Waals surface area contributed by atoms with Gasteiger partial charge in [0.2, 0.25) is 10.0 Å². The molecule has 1 atom stereocenters. The number of sulfonamides is 1. The van der Waals surface area contributed by atoms with Crippen molar-refractivity contribution in [1.29, 1.82) is 0 Å². The smallest absolute Gasteiger partial charge is 0.335 e. The Morgan fingerprint density at radius 3 is 2.50 bits per heavy atom. The molecular weight excluding hydrogens is 278 g/mol. The van der Waals surface area contributed by atoms with E-state index in [-0.39, 0.29) is 16.5 Å². The summed E-state index contributed by atoms with van der Waals surface area (Å²) in [5, 5.41) is 8.99. The van der Waals surface area contributed by atoms with Gasteiger partial charge in [-0.15, -0.1) is 0 Å². The van der Waals surface area contributed by atoms with Crippen LogP contribution in [0.3, 0.4) is 0 Å². The van der Waals surface area contributed by atoms with Gasteiger partial charge in [0, 0.05) is 13.1 Å².